The smallest absolute Gasteiger partial charge is 0.458 e. The lowest BCUT2D eigenvalue weighted by Gasteiger charge is -2.36. The minimum Gasteiger partial charge on any atom is -0.458 e. The predicted octanol–water partition coefficient (Wildman–Crippen LogP) is 4.60. The molecule has 29 heavy (non-hydrogen) atoms. The van der Waals surface area contributed by atoms with Crippen LogP contribution in [0.2, 0.25) is 0 Å². The highest BCUT2D eigenvalue weighted by Gasteiger charge is 2.75. The number of carbonyl (C=O) groups is 2. The van der Waals surface area contributed by atoms with E-state index in [1.165, 1.54) is 51.1 Å². The Labute approximate surface area is 162 Å². The number of rotatable bonds is 6. The number of hydrogen-bond acceptors (Lipinski definition) is 3. The van der Waals surface area contributed by atoms with E-state index < -0.39 is 47.5 Å². The normalized spacial score (nSPS) is 15.4. The number of ether oxygens (including phenoxy) is 1. The fourth-order valence-electron chi connectivity index (χ4n) is 2.25. The number of esters is 1. The minimum atomic E-state index is -6.58. The second-order valence-corrected chi connectivity index (χ2v) is 7.33. The summed E-state index contributed by atoms with van der Waals surface area (Å²) in [5.74, 6) is -17.8. The van der Waals surface area contributed by atoms with Gasteiger partial charge in [-0.25, -0.2) is 4.79 Å². The molecule has 0 aliphatic heterocycles. The number of carbonyl (C=O) groups excluding carboxylic acids is 2. The predicted molar refractivity (Wildman–Crippen MR) is 88.7 cm³/mol. The zero-order valence-corrected chi connectivity index (χ0v) is 15.9. The summed E-state index contributed by atoms with van der Waals surface area (Å²) >= 11 is 0. The summed E-state index contributed by atoms with van der Waals surface area (Å²) in [5, 5.41) is 1.79. The molecule has 1 N–H and O–H groups in total. The van der Waals surface area contributed by atoms with Crippen molar-refractivity contribution in [2.75, 3.05) is 0 Å². The molecule has 1 rings (SSSR count). The van der Waals surface area contributed by atoms with Crippen molar-refractivity contribution in [2.24, 2.45) is 5.92 Å². The Bertz CT molecular complexity index is 727. The minimum absolute atomic E-state index is 0.126. The summed E-state index contributed by atoms with van der Waals surface area (Å²) in [6.45, 7) is 4.29. The number of benzene rings is 1. The molecule has 0 aromatic heterocycles. The number of nitrogens with one attached hydrogen (secondary N) is 1. The molecule has 0 fully saturated rings. The first-order chi connectivity index (χ1) is 12.9. The first kappa shape index (κ1) is 24.7. The summed E-state index contributed by atoms with van der Waals surface area (Å²) in [5.41, 5.74) is -1.41. The fourth-order valence-corrected chi connectivity index (χ4v) is 2.25. The standard InChI is InChI=1S/C18H20F7NO3/c1-10(16(19,20)17(21,22)18(23,24)25)12(14(28)29-15(2,3)4)26-13(27)11-8-6-5-7-9-11/h5-10,12H,1-4H3,(H,26,27). The second kappa shape index (κ2) is 8.19. The average molecular weight is 431 g/mol. The monoisotopic (exact) mass is 431 g/mol. The van der Waals surface area contributed by atoms with Crippen LogP contribution in [0.4, 0.5) is 30.7 Å². The highest BCUT2D eigenvalue weighted by molar-refractivity contribution is 5.96. The van der Waals surface area contributed by atoms with Gasteiger partial charge in [-0.1, -0.05) is 25.1 Å². The van der Waals surface area contributed by atoms with Crippen molar-refractivity contribution in [1.29, 1.82) is 0 Å². The first-order valence-corrected chi connectivity index (χ1v) is 8.33. The molecule has 0 saturated heterocycles. The van der Waals surface area contributed by atoms with Gasteiger partial charge in [0.05, 0.1) is 5.92 Å². The zero-order valence-electron chi connectivity index (χ0n) is 15.9. The molecule has 0 saturated carbocycles. The molecule has 2 unspecified atom stereocenters. The molecule has 11 heteroatoms. The average Bonchev–Trinajstić information content (AvgIpc) is 2.56. The third kappa shape index (κ3) is 5.60. The molecule has 1 amide bonds. The molecule has 0 spiro atoms. The van der Waals surface area contributed by atoms with Gasteiger partial charge in [-0.3, -0.25) is 4.79 Å². The van der Waals surface area contributed by atoms with E-state index in [0.717, 1.165) is 0 Å². The summed E-state index contributed by atoms with van der Waals surface area (Å²) in [4.78, 5) is 24.5. The van der Waals surface area contributed by atoms with Crippen LogP contribution in [0.25, 0.3) is 0 Å². The van der Waals surface area contributed by atoms with Crippen molar-refractivity contribution in [2.45, 2.75) is 57.4 Å². The molecule has 1 aromatic carbocycles. The molecule has 0 radical (unpaired) electrons. The van der Waals surface area contributed by atoms with Crippen LogP contribution in [0, 0.1) is 5.92 Å². The number of hydrogen-bond donors (Lipinski definition) is 1. The summed E-state index contributed by atoms with van der Waals surface area (Å²) in [6.07, 6.45) is -6.58. The largest absolute Gasteiger partial charge is 0.459 e. The third-order valence-corrected chi connectivity index (χ3v) is 3.83. The van der Waals surface area contributed by atoms with Crippen LogP contribution in [0.1, 0.15) is 38.1 Å². The van der Waals surface area contributed by atoms with E-state index in [1.54, 1.807) is 5.32 Å². The number of alkyl halides is 7. The fraction of sp³-hybridized carbons (Fsp3) is 0.556. The second-order valence-electron chi connectivity index (χ2n) is 7.33. The zero-order chi connectivity index (χ0) is 22.8. The van der Waals surface area contributed by atoms with Gasteiger partial charge in [0.1, 0.15) is 11.6 Å². The molecule has 164 valence electrons. The Morgan fingerprint density at radius 3 is 1.83 bits per heavy atom. The summed E-state index contributed by atoms with van der Waals surface area (Å²) in [6, 6.07) is 4.29. The SMILES string of the molecule is CC(C(NC(=O)c1ccccc1)C(=O)OC(C)(C)C)C(F)(F)C(F)(F)C(F)(F)F. The van der Waals surface area contributed by atoms with Crippen LogP contribution in [0.3, 0.4) is 0 Å². The van der Waals surface area contributed by atoms with Gasteiger partial charge in [0.25, 0.3) is 5.91 Å². The Kier molecular flexibility index (Phi) is 6.98. The lowest BCUT2D eigenvalue weighted by Crippen LogP contribution is -2.61. The molecule has 2 atom stereocenters. The molecule has 0 heterocycles. The molecule has 0 aliphatic carbocycles. The van der Waals surface area contributed by atoms with E-state index in [4.69, 9.17) is 4.74 Å². The molecule has 0 bridgehead atoms. The number of amides is 1. The highest BCUT2D eigenvalue weighted by atomic mass is 19.4. The molecular formula is C18H20F7NO3. The quantitative estimate of drug-likeness (QED) is 0.529. The van der Waals surface area contributed by atoms with Gasteiger partial charge >= 0.3 is 24.0 Å². The van der Waals surface area contributed by atoms with Crippen LogP contribution < -0.4 is 5.32 Å². The lowest BCUT2D eigenvalue weighted by atomic mass is 9.89. The van der Waals surface area contributed by atoms with Gasteiger partial charge in [-0.05, 0) is 32.9 Å². The third-order valence-electron chi connectivity index (χ3n) is 3.83. The van der Waals surface area contributed by atoms with E-state index in [9.17, 15) is 40.3 Å². The molecular weight excluding hydrogens is 411 g/mol. The Balaban J connectivity index is 3.32. The van der Waals surface area contributed by atoms with Gasteiger partial charge in [0.15, 0.2) is 0 Å². The van der Waals surface area contributed by atoms with Crippen molar-refractivity contribution in [3.8, 4) is 0 Å². The Morgan fingerprint density at radius 2 is 1.41 bits per heavy atom. The van der Waals surface area contributed by atoms with Crippen molar-refractivity contribution >= 4 is 11.9 Å². The molecule has 0 aliphatic rings. The van der Waals surface area contributed by atoms with Crippen molar-refractivity contribution in [1.82, 2.24) is 5.32 Å². The lowest BCUT2D eigenvalue weighted by molar-refractivity contribution is -0.365. The maximum atomic E-state index is 14.2. The van der Waals surface area contributed by atoms with E-state index >= 15 is 0 Å². The van der Waals surface area contributed by atoms with Gasteiger partial charge in [-0.2, -0.15) is 30.7 Å². The van der Waals surface area contributed by atoms with Crippen LogP contribution in [-0.2, 0) is 9.53 Å². The van der Waals surface area contributed by atoms with Gasteiger partial charge < -0.3 is 10.1 Å². The Hall–Kier alpha value is -2.33. The van der Waals surface area contributed by atoms with E-state index in [-0.39, 0.29) is 5.56 Å². The van der Waals surface area contributed by atoms with Crippen molar-refractivity contribution in [3.05, 3.63) is 35.9 Å². The maximum Gasteiger partial charge on any atom is 0.459 e. The van der Waals surface area contributed by atoms with E-state index in [1.807, 2.05) is 0 Å². The number of halogens is 7. The van der Waals surface area contributed by atoms with Gasteiger partial charge in [0, 0.05) is 5.56 Å². The van der Waals surface area contributed by atoms with Crippen LogP contribution in [0.5, 0.6) is 0 Å². The van der Waals surface area contributed by atoms with Crippen molar-refractivity contribution in [3.63, 3.8) is 0 Å². The van der Waals surface area contributed by atoms with Gasteiger partial charge in [-0.15, -0.1) is 0 Å². The van der Waals surface area contributed by atoms with Crippen molar-refractivity contribution < 1.29 is 45.1 Å². The van der Waals surface area contributed by atoms with E-state index in [0.29, 0.717) is 6.92 Å². The molecule has 1 aromatic rings. The summed E-state index contributed by atoms with van der Waals surface area (Å²) in [7, 11) is 0. The Morgan fingerprint density at radius 1 is 0.931 bits per heavy atom. The van der Waals surface area contributed by atoms with Crippen LogP contribution in [-0.4, -0.2) is 41.5 Å². The summed E-state index contributed by atoms with van der Waals surface area (Å²) < 4.78 is 97.6. The van der Waals surface area contributed by atoms with Crippen LogP contribution >= 0.6 is 0 Å². The van der Waals surface area contributed by atoms with Crippen LogP contribution in [0.15, 0.2) is 30.3 Å². The van der Waals surface area contributed by atoms with E-state index in [2.05, 4.69) is 0 Å². The first-order valence-electron chi connectivity index (χ1n) is 8.33. The molecule has 4 nitrogen and oxygen atoms in total. The maximum absolute atomic E-state index is 14.2. The van der Waals surface area contributed by atoms with Gasteiger partial charge in [0.2, 0.25) is 0 Å². The topological polar surface area (TPSA) is 55.4 Å². The highest BCUT2D eigenvalue weighted by Crippen LogP contribution is 2.50.